The van der Waals surface area contributed by atoms with Crippen LogP contribution in [0.3, 0.4) is 0 Å². The minimum absolute atomic E-state index is 0.207. The maximum absolute atomic E-state index is 13.7. The Morgan fingerprint density at radius 3 is 2.97 bits per heavy atom. The Kier molecular flexibility index (Phi) is 5.99. The maximum Gasteiger partial charge on any atom is 0.255 e. The van der Waals surface area contributed by atoms with E-state index in [1.54, 1.807) is 18.3 Å². The molecule has 34 heavy (non-hydrogen) atoms. The molecule has 1 aliphatic heterocycles. The molecule has 9 heteroatoms. The Labute approximate surface area is 196 Å². The molecule has 1 aliphatic carbocycles. The Morgan fingerprint density at radius 1 is 1.21 bits per heavy atom. The molecule has 1 amide bonds. The number of alkyl halides is 1. The Morgan fingerprint density at radius 2 is 2.12 bits per heavy atom. The summed E-state index contributed by atoms with van der Waals surface area (Å²) in [4.78, 5) is 32.3. The monoisotopic (exact) mass is 457 g/mol. The molecule has 1 atom stereocenters. The van der Waals surface area contributed by atoms with Gasteiger partial charge >= 0.3 is 0 Å². The molecule has 8 nitrogen and oxygen atoms in total. The number of fused-ring (bicyclic) bond motifs is 1. The third kappa shape index (κ3) is 4.63. The number of benzene rings is 1. The summed E-state index contributed by atoms with van der Waals surface area (Å²) in [6.45, 7) is 2.79. The number of hydrogen-bond donors (Lipinski definition) is 2. The predicted octanol–water partition coefficient (Wildman–Crippen LogP) is 4.15. The van der Waals surface area contributed by atoms with E-state index in [0.717, 1.165) is 23.4 Å². The van der Waals surface area contributed by atoms with Gasteiger partial charge in [-0.3, -0.25) is 4.79 Å². The number of aromatic nitrogens is 4. The van der Waals surface area contributed by atoms with Crippen LogP contribution in [0.15, 0.2) is 66.8 Å². The summed E-state index contributed by atoms with van der Waals surface area (Å²) in [7, 11) is 0. The van der Waals surface area contributed by atoms with Gasteiger partial charge in [0.25, 0.3) is 5.91 Å². The maximum atomic E-state index is 13.7. The van der Waals surface area contributed by atoms with E-state index in [2.05, 4.69) is 30.6 Å². The third-order valence-electron chi connectivity index (χ3n) is 5.77. The molecular weight excluding hydrogens is 433 g/mol. The fourth-order valence-corrected chi connectivity index (χ4v) is 3.88. The topological polar surface area (TPSA) is 95.9 Å². The SMILES string of the molecule is Cc1ccc(C(=O)NC2=CC=CCC=C2)cc1Nc1ncnc2cnc(N3CC[C@@H](F)C3)nc12. The number of hydrogen-bond acceptors (Lipinski definition) is 7. The number of aryl methyl sites for hydroxylation is 1. The summed E-state index contributed by atoms with van der Waals surface area (Å²) in [6.07, 6.45) is 13.2. The molecule has 0 spiro atoms. The molecule has 0 unspecified atom stereocenters. The van der Waals surface area contributed by atoms with Crippen LogP contribution in [0, 0.1) is 6.92 Å². The molecule has 0 radical (unpaired) electrons. The average Bonchev–Trinajstić information content (AvgIpc) is 3.12. The number of rotatable bonds is 5. The van der Waals surface area contributed by atoms with Crippen molar-refractivity contribution < 1.29 is 9.18 Å². The summed E-state index contributed by atoms with van der Waals surface area (Å²) in [5.41, 5.74) is 4.01. The Hall–Kier alpha value is -4.14. The zero-order valence-corrected chi connectivity index (χ0v) is 18.7. The second kappa shape index (κ2) is 9.38. The molecule has 172 valence electrons. The lowest BCUT2D eigenvalue weighted by atomic mass is 10.1. The minimum Gasteiger partial charge on any atom is -0.338 e. The van der Waals surface area contributed by atoms with Crippen LogP contribution in [0.1, 0.15) is 28.8 Å². The van der Waals surface area contributed by atoms with Gasteiger partial charge in [0.05, 0.1) is 12.7 Å². The summed E-state index contributed by atoms with van der Waals surface area (Å²) < 4.78 is 13.7. The second-order valence-corrected chi connectivity index (χ2v) is 8.26. The van der Waals surface area contributed by atoms with Gasteiger partial charge in [0, 0.05) is 23.5 Å². The first-order chi connectivity index (χ1) is 16.6. The van der Waals surface area contributed by atoms with E-state index in [1.807, 2.05) is 48.3 Å². The first kappa shape index (κ1) is 21.7. The van der Waals surface area contributed by atoms with Crippen molar-refractivity contribution in [1.82, 2.24) is 25.3 Å². The largest absolute Gasteiger partial charge is 0.338 e. The van der Waals surface area contributed by atoms with E-state index in [4.69, 9.17) is 0 Å². The van der Waals surface area contributed by atoms with Crippen molar-refractivity contribution in [2.75, 3.05) is 23.3 Å². The average molecular weight is 458 g/mol. The van der Waals surface area contributed by atoms with E-state index >= 15 is 0 Å². The van der Waals surface area contributed by atoms with Crippen molar-refractivity contribution in [2.45, 2.75) is 25.9 Å². The molecule has 3 aromatic rings. The molecule has 2 N–H and O–H groups in total. The standard InChI is InChI=1S/C25H24FN7O/c1-16-8-9-17(24(34)30-19-6-4-2-3-5-7-19)12-20(16)31-23-22-21(28-15-29-23)13-27-25(32-22)33-11-10-18(26)14-33/h2,4-9,12-13,15,18H,3,10-11,14H2,1H3,(H,30,34)(H,28,29,31)/t18-/m1/s1. The fraction of sp³-hybridized carbons (Fsp3) is 0.240. The predicted molar refractivity (Wildman–Crippen MR) is 130 cm³/mol. The van der Waals surface area contributed by atoms with Crippen molar-refractivity contribution >= 4 is 34.4 Å². The van der Waals surface area contributed by atoms with Gasteiger partial charge in [-0.2, -0.15) is 0 Å². The second-order valence-electron chi connectivity index (χ2n) is 8.26. The number of allylic oxidation sites excluding steroid dienone is 5. The lowest BCUT2D eigenvalue weighted by molar-refractivity contribution is 0.0967. The van der Waals surface area contributed by atoms with Crippen LogP contribution in [0.2, 0.25) is 0 Å². The Balaban J connectivity index is 1.42. The molecule has 1 aromatic carbocycles. The number of amides is 1. The number of carbonyl (C=O) groups excluding carboxylic acids is 1. The van der Waals surface area contributed by atoms with E-state index < -0.39 is 6.17 Å². The molecule has 1 fully saturated rings. The van der Waals surface area contributed by atoms with Gasteiger partial charge in [-0.25, -0.2) is 24.3 Å². The highest BCUT2D eigenvalue weighted by atomic mass is 19.1. The smallest absolute Gasteiger partial charge is 0.255 e. The Bertz CT molecular complexity index is 1330. The van der Waals surface area contributed by atoms with Gasteiger partial charge in [0.1, 0.15) is 23.5 Å². The van der Waals surface area contributed by atoms with E-state index in [9.17, 15) is 9.18 Å². The summed E-state index contributed by atoms with van der Waals surface area (Å²) in [5.74, 6) is 0.736. The van der Waals surface area contributed by atoms with Gasteiger partial charge in [0.2, 0.25) is 5.95 Å². The van der Waals surface area contributed by atoms with Gasteiger partial charge in [-0.05, 0) is 49.6 Å². The van der Waals surface area contributed by atoms with Crippen molar-refractivity contribution in [3.63, 3.8) is 0 Å². The molecule has 2 aromatic heterocycles. The van der Waals surface area contributed by atoms with Crippen LogP contribution in [0.4, 0.5) is 21.8 Å². The fourth-order valence-electron chi connectivity index (χ4n) is 3.88. The molecule has 0 saturated carbocycles. The zero-order chi connectivity index (χ0) is 23.5. The number of carbonyl (C=O) groups is 1. The van der Waals surface area contributed by atoms with Crippen LogP contribution in [-0.4, -0.2) is 45.1 Å². The highest BCUT2D eigenvalue weighted by Gasteiger charge is 2.24. The van der Waals surface area contributed by atoms with Gasteiger partial charge in [-0.15, -0.1) is 0 Å². The summed E-state index contributed by atoms with van der Waals surface area (Å²) >= 11 is 0. The lowest BCUT2D eigenvalue weighted by Gasteiger charge is -2.16. The molecule has 0 bridgehead atoms. The quantitative estimate of drug-likeness (QED) is 0.594. The number of nitrogens with zero attached hydrogens (tertiary/aromatic N) is 5. The number of nitrogens with one attached hydrogen (secondary N) is 2. The molecule has 2 aliphatic rings. The zero-order valence-electron chi connectivity index (χ0n) is 18.7. The highest BCUT2D eigenvalue weighted by Crippen LogP contribution is 2.27. The number of anilines is 3. The summed E-state index contributed by atoms with van der Waals surface area (Å²) in [6, 6.07) is 5.45. The van der Waals surface area contributed by atoms with Crippen LogP contribution < -0.4 is 15.5 Å². The lowest BCUT2D eigenvalue weighted by Crippen LogP contribution is -2.22. The van der Waals surface area contributed by atoms with Crippen LogP contribution in [0.5, 0.6) is 0 Å². The van der Waals surface area contributed by atoms with Gasteiger partial charge in [0.15, 0.2) is 5.82 Å². The normalized spacial score (nSPS) is 17.5. The molecular formula is C25H24FN7O. The van der Waals surface area contributed by atoms with Crippen LogP contribution >= 0.6 is 0 Å². The van der Waals surface area contributed by atoms with Crippen LogP contribution in [-0.2, 0) is 0 Å². The first-order valence-corrected chi connectivity index (χ1v) is 11.2. The van der Waals surface area contributed by atoms with Crippen molar-refractivity contribution in [2.24, 2.45) is 0 Å². The van der Waals surface area contributed by atoms with Crippen molar-refractivity contribution in [3.8, 4) is 0 Å². The van der Waals surface area contributed by atoms with Crippen molar-refractivity contribution in [3.05, 3.63) is 77.9 Å². The van der Waals surface area contributed by atoms with Gasteiger partial charge < -0.3 is 15.5 Å². The van der Waals surface area contributed by atoms with Crippen molar-refractivity contribution in [1.29, 1.82) is 0 Å². The molecule has 5 rings (SSSR count). The van der Waals surface area contributed by atoms with E-state index in [-0.39, 0.29) is 12.5 Å². The number of halogens is 1. The minimum atomic E-state index is -0.874. The molecule has 1 saturated heterocycles. The first-order valence-electron chi connectivity index (χ1n) is 11.2. The van der Waals surface area contributed by atoms with Gasteiger partial charge in [-0.1, -0.05) is 24.3 Å². The molecule has 3 heterocycles. The van der Waals surface area contributed by atoms with E-state index in [0.29, 0.717) is 41.3 Å². The van der Waals surface area contributed by atoms with E-state index in [1.165, 1.54) is 6.33 Å². The third-order valence-corrected chi connectivity index (χ3v) is 5.77. The van der Waals surface area contributed by atoms with Crippen LogP contribution in [0.25, 0.3) is 11.0 Å². The summed E-state index contributed by atoms with van der Waals surface area (Å²) in [5, 5.41) is 6.23. The highest BCUT2D eigenvalue weighted by molar-refractivity contribution is 5.97.